The minimum Gasteiger partial charge on any atom is -0.409 e. The van der Waals surface area contributed by atoms with Gasteiger partial charge >= 0.3 is 0 Å². The van der Waals surface area contributed by atoms with Gasteiger partial charge in [0.2, 0.25) is 0 Å². The molecule has 0 spiro atoms. The molecule has 1 aliphatic carbocycles. The van der Waals surface area contributed by atoms with Crippen LogP contribution in [0.3, 0.4) is 0 Å². The van der Waals surface area contributed by atoms with Crippen LogP contribution in [0.1, 0.15) is 39.5 Å². The highest BCUT2D eigenvalue weighted by Crippen LogP contribution is 2.29. The van der Waals surface area contributed by atoms with E-state index in [1.807, 2.05) is 13.8 Å². The van der Waals surface area contributed by atoms with E-state index in [9.17, 15) is 0 Å². The number of hydrogen-bond acceptors (Lipinski definition) is 4. The van der Waals surface area contributed by atoms with Gasteiger partial charge in [-0.1, -0.05) is 19.0 Å². The van der Waals surface area contributed by atoms with Gasteiger partial charge in [-0.2, -0.15) is 0 Å². The summed E-state index contributed by atoms with van der Waals surface area (Å²) in [5.74, 6) is 0.315. The third-order valence-corrected chi connectivity index (χ3v) is 4.27. The van der Waals surface area contributed by atoms with Crippen molar-refractivity contribution in [1.82, 2.24) is 10.2 Å². The minimum atomic E-state index is -0.240. The molecule has 1 heterocycles. The lowest BCUT2D eigenvalue weighted by Gasteiger charge is -2.24. The zero-order valence-electron chi connectivity index (χ0n) is 11.5. The molecule has 5 nitrogen and oxygen atoms in total. The average Bonchev–Trinajstić information content (AvgIpc) is 3.09. The van der Waals surface area contributed by atoms with Crippen molar-refractivity contribution in [2.75, 3.05) is 19.6 Å². The second-order valence-electron chi connectivity index (χ2n) is 6.28. The Labute approximate surface area is 109 Å². The van der Waals surface area contributed by atoms with Crippen LogP contribution in [0.25, 0.3) is 0 Å². The zero-order chi connectivity index (χ0) is 13.2. The maximum absolute atomic E-state index is 8.72. The largest absolute Gasteiger partial charge is 0.409 e. The van der Waals surface area contributed by atoms with E-state index in [0.717, 1.165) is 19.0 Å². The van der Waals surface area contributed by atoms with Gasteiger partial charge in [-0.15, -0.1) is 0 Å². The predicted octanol–water partition coefficient (Wildman–Crippen LogP) is 0.975. The molecule has 2 rings (SSSR count). The molecule has 0 radical (unpaired) electrons. The molecule has 104 valence electrons. The summed E-state index contributed by atoms with van der Waals surface area (Å²) in [5.41, 5.74) is 5.44. The summed E-state index contributed by atoms with van der Waals surface area (Å²) in [4.78, 5) is 2.60. The summed E-state index contributed by atoms with van der Waals surface area (Å²) >= 11 is 0. The van der Waals surface area contributed by atoms with Crippen molar-refractivity contribution < 1.29 is 5.21 Å². The van der Waals surface area contributed by atoms with Crippen LogP contribution >= 0.6 is 0 Å². The van der Waals surface area contributed by atoms with Crippen LogP contribution in [-0.2, 0) is 0 Å². The fourth-order valence-corrected chi connectivity index (χ4v) is 2.58. The molecule has 2 fully saturated rings. The summed E-state index contributed by atoms with van der Waals surface area (Å²) in [6.45, 7) is 7.37. The standard InChI is InChI=1S/C13H26N4O/c1-13(2,12(14)16-18)6-7-15-10-5-8-17(9-10)11-3-4-11/h10-11,15,18H,3-9H2,1-2H3,(H2,14,16). The molecule has 1 atom stereocenters. The molecule has 0 aromatic heterocycles. The lowest BCUT2D eigenvalue weighted by molar-refractivity contribution is 0.302. The molecule has 1 aliphatic heterocycles. The van der Waals surface area contributed by atoms with E-state index in [2.05, 4.69) is 15.4 Å². The quantitative estimate of drug-likeness (QED) is 0.286. The molecular weight excluding hydrogens is 228 g/mol. The maximum Gasteiger partial charge on any atom is 0.144 e. The van der Waals surface area contributed by atoms with E-state index in [-0.39, 0.29) is 5.41 Å². The SMILES string of the molecule is CC(C)(CCNC1CCN(C2CC2)C1)C(N)=NO. The van der Waals surface area contributed by atoms with E-state index in [1.54, 1.807) is 0 Å². The molecule has 1 saturated carbocycles. The summed E-state index contributed by atoms with van der Waals surface area (Å²) < 4.78 is 0. The second-order valence-corrected chi connectivity index (χ2v) is 6.28. The van der Waals surface area contributed by atoms with Crippen molar-refractivity contribution in [3.05, 3.63) is 0 Å². The van der Waals surface area contributed by atoms with Gasteiger partial charge in [-0.3, -0.25) is 4.90 Å². The van der Waals surface area contributed by atoms with Crippen LogP contribution in [0.5, 0.6) is 0 Å². The molecule has 0 aromatic carbocycles. The summed E-state index contributed by atoms with van der Waals surface area (Å²) in [5, 5.41) is 15.4. The Bertz CT molecular complexity index is 312. The van der Waals surface area contributed by atoms with Crippen molar-refractivity contribution >= 4 is 5.84 Å². The first-order valence-electron chi connectivity index (χ1n) is 6.98. The average molecular weight is 254 g/mol. The molecule has 0 bridgehead atoms. The highest BCUT2D eigenvalue weighted by molar-refractivity contribution is 5.85. The smallest absolute Gasteiger partial charge is 0.144 e. The lowest BCUT2D eigenvalue weighted by Crippen LogP contribution is -2.38. The summed E-state index contributed by atoms with van der Waals surface area (Å²) in [6.07, 6.45) is 4.93. The third kappa shape index (κ3) is 3.36. The number of nitrogens with zero attached hydrogens (tertiary/aromatic N) is 2. The van der Waals surface area contributed by atoms with Gasteiger partial charge in [-0.05, 0) is 32.2 Å². The van der Waals surface area contributed by atoms with Crippen LogP contribution in [0.15, 0.2) is 5.16 Å². The third-order valence-electron chi connectivity index (χ3n) is 4.27. The van der Waals surface area contributed by atoms with Crippen molar-refractivity contribution in [1.29, 1.82) is 0 Å². The van der Waals surface area contributed by atoms with Gasteiger partial charge < -0.3 is 16.3 Å². The Kier molecular flexibility index (Phi) is 4.12. The number of oxime groups is 1. The van der Waals surface area contributed by atoms with Gasteiger partial charge in [0.25, 0.3) is 0 Å². The van der Waals surface area contributed by atoms with E-state index >= 15 is 0 Å². The van der Waals surface area contributed by atoms with Gasteiger partial charge in [0, 0.05) is 30.6 Å². The fourth-order valence-electron chi connectivity index (χ4n) is 2.58. The van der Waals surface area contributed by atoms with Crippen LogP contribution < -0.4 is 11.1 Å². The molecule has 2 aliphatic rings. The maximum atomic E-state index is 8.72. The Morgan fingerprint density at radius 3 is 2.78 bits per heavy atom. The Morgan fingerprint density at radius 2 is 2.17 bits per heavy atom. The van der Waals surface area contributed by atoms with E-state index in [0.29, 0.717) is 11.9 Å². The number of amidine groups is 1. The Hall–Kier alpha value is -0.810. The molecule has 1 saturated heterocycles. The molecule has 5 heteroatoms. The zero-order valence-corrected chi connectivity index (χ0v) is 11.5. The van der Waals surface area contributed by atoms with Crippen LogP contribution in [0, 0.1) is 5.41 Å². The molecular formula is C13H26N4O. The predicted molar refractivity (Wildman–Crippen MR) is 72.8 cm³/mol. The monoisotopic (exact) mass is 254 g/mol. The van der Waals surface area contributed by atoms with Gasteiger partial charge in [-0.25, -0.2) is 0 Å². The van der Waals surface area contributed by atoms with Crippen LogP contribution in [-0.4, -0.2) is 47.7 Å². The molecule has 0 amide bonds. The van der Waals surface area contributed by atoms with Crippen molar-refractivity contribution in [2.45, 2.75) is 51.6 Å². The highest BCUT2D eigenvalue weighted by Gasteiger charge is 2.34. The summed E-state index contributed by atoms with van der Waals surface area (Å²) in [6, 6.07) is 1.50. The Balaban J connectivity index is 1.66. The number of nitrogens with two attached hydrogens (primary N) is 1. The van der Waals surface area contributed by atoms with Gasteiger partial charge in [0.15, 0.2) is 0 Å². The molecule has 1 unspecified atom stereocenters. The first-order chi connectivity index (χ1) is 8.53. The Morgan fingerprint density at radius 1 is 1.44 bits per heavy atom. The van der Waals surface area contributed by atoms with E-state index in [1.165, 1.54) is 32.4 Å². The van der Waals surface area contributed by atoms with Gasteiger partial charge in [0.05, 0.1) is 0 Å². The number of nitrogens with one attached hydrogen (secondary N) is 1. The fraction of sp³-hybridized carbons (Fsp3) is 0.923. The van der Waals surface area contributed by atoms with E-state index in [4.69, 9.17) is 10.9 Å². The van der Waals surface area contributed by atoms with E-state index < -0.39 is 0 Å². The molecule has 4 N–H and O–H groups in total. The van der Waals surface area contributed by atoms with Crippen molar-refractivity contribution in [3.8, 4) is 0 Å². The topological polar surface area (TPSA) is 73.9 Å². The molecule has 0 aromatic rings. The van der Waals surface area contributed by atoms with Crippen molar-refractivity contribution in [2.24, 2.45) is 16.3 Å². The van der Waals surface area contributed by atoms with Gasteiger partial charge in [0.1, 0.15) is 5.84 Å². The number of hydrogen-bond donors (Lipinski definition) is 3. The normalized spacial score (nSPS) is 26.8. The molecule has 18 heavy (non-hydrogen) atoms. The number of rotatable bonds is 6. The second kappa shape index (κ2) is 5.45. The van der Waals surface area contributed by atoms with Crippen LogP contribution in [0.2, 0.25) is 0 Å². The minimum absolute atomic E-state index is 0.240. The van der Waals surface area contributed by atoms with Crippen molar-refractivity contribution in [3.63, 3.8) is 0 Å². The lowest BCUT2D eigenvalue weighted by atomic mass is 9.88. The highest BCUT2D eigenvalue weighted by atomic mass is 16.4. The first-order valence-corrected chi connectivity index (χ1v) is 6.98. The number of likely N-dealkylation sites (tertiary alicyclic amines) is 1. The first kappa shape index (κ1) is 13.6. The van der Waals surface area contributed by atoms with Crippen LogP contribution in [0.4, 0.5) is 0 Å². The summed E-state index contributed by atoms with van der Waals surface area (Å²) in [7, 11) is 0.